The maximum atomic E-state index is 13.5. The highest BCUT2D eigenvalue weighted by molar-refractivity contribution is 7.86. The van der Waals surface area contributed by atoms with Gasteiger partial charge in [0.05, 0.1) is 19.1 Å². The third-order valence-corrected chi connectivity index (χ3v) is 4.30. The molecule has 0 spiro atoms. The van der Waals surface area contributed by atoms with Crippen LogP contribution >= 0.6 is 0 Å². The van der Waals surface area contributed by atoms with E-state index in [1.165, 1.54) is 47.6 Å². The van der Waals surface area contributed by atoms with Gasteiger partial charge in [0, 0.05) is 12.1 Å². The van der Waals surface area contributed by atoms with Gasteiger partial charge in [0.2, 0.25) is 0 Å². The molecule has 0 unspecified atom stereocenters. The molecule has 2 aromatic carbocycles. The number of carbonyl (C=O) groups is 1. The molecule has 146 valence electrons. The van der Waals surface area contributed by atoms with E-state index in [9.17, 15) is 17.6 Å². The number of hydrogen-bond acceptors (Lipinski definition) is 5. The fourth-order valence-corrected chi connectivity index (χ4v) is 3.14. The number of furan rings is 1. The Balaban J connectivity index is 1.87. The highest BCUT2D eigenvalue weighted by atomic mass is 32.2. The van der Waals surface area contributed by atoms with Crippen molar-refractivity contribution in [2.45, 2.75) is 13.1 Å². The van der Waals surface area contributed by atoms with Crippen LogP contribution < -0.4 is 4.18 Å². The highest BCUT2D eigenvalue weighted by Gasteiger charge is 2.19. The van der Waals surface area contributed by atoms with Gasteiger partial charge in [-0.3, -0.25) is 4.79 Å². The first-order valence-corrected chi connectivity index (χ1v) is 10.2. The molecule has 3 rings (SSSR count). The Hall–Kier alpha value is -3.13. The van der Waals surface area contributed by atoms with Gasteiger partial charge >= 0.3 is 10.1 Å². The van der Waals surface area contributed by atoms with Crippen molar-refractivity contribution in [3.63, 3.8) is 0 Å². The van der Waals surface area contributed by atoms with Crippen molar-refractivity contribution in [3.8, 4) is 5.75 Å². The van der Waals surface area contributed by atoms with Crippen molar-refractivity contribution >= 4 is 16.0 Å². The summed E-state index contributed by atoms with van der Waals surface area (Å²) in [7, 11) is -3.66. The minimum atomic E-state index is -3.66. The predicted octanol–water partition coefficient (Wildman–Crippen LogP) is 3.60. The van der Waals surface area contributed by atoms with Crippen molar-refractivity contribution < 1.29 is 26.2 Å². The molecule has 1 amide bonds. The number of amides is 1. The van der Waals surface area contributed by atoms with Crippen LogP contribution in [0.1, 0.15) is 21.7 Å². The molecule has 0 fully saturated rings. The van der Waals surface area contributed by atoms with E-state index in [4.69, 9.17) is 8.60 Å². The first kappa shape index (κ1) is 19.6. The molecular formula is C20H18FNO5S. The third-order valence-electron chi connectivity index (χ3n) is 3.81. The van der Waals surface area contributed by atoms with Crippen LogP contribution in [0.5, 0.6) is 5.75 Å². The van der Waals surface area contributed by atoms with Crippen LogP contribution in [-0.4, -0.2) is 25.5 Å². The standard InChI is InChI=1S/C20H18FNO5S/c1-28(24,25)27-18-8-2-5-15(11-18)13-22(14-19-9-4-10-26-19)20(23)16-6-3-7-17(21)12-16/h2-12H,13-14H2,1H3. The van der Waals surface area contributed by atoms with Gasteiger partial charge < -0.3 is 13.5 Å². The molecule has 8 heteroatoms. The Kier molecular flexibility index (Phi) is 5.79. The summed E-state index contributed by atoms with van der Waals surface area (Å²) in [5.41, 5.74) is 0.854. The van der Waals surface area contributed by atoms with E-state index >= 15 is 0 Å². The lowest BCUT2D eigenvalue weighted by Crippen LogP contribution is -2.30. The van der Waals surface area contributed by atoms with Gasteiger partial charge in [-0.05, 0) is 48.0 Å². The van der Waals surface area contributed by atoms with E-state index in [-0.39, 0.29) is 30.3 Å². The molecule has 0 saturated carbocycles. The van der Waals surface area contributed by atoms with Crippen LogP contribution in [0.4, 0.5) is 4.39 Å². The number of benzene rings is 2. The molecule has 0 N–H and O–H groups in total. The minimum Gasteiger partial charge on any atom is -0.467 e. The Labute approximate surface area is 162 Å². The average Bonchev–Trinajstić information content (AvgIpc) is 3.12. The van der Waals surface area contributed by atoms with Crippen molar-refractivity contribution in [2.24, 2.45) is 0 Å². The number of carbonyl (C=O) groups excluding carboxylic acids is 1. The molecule has 0 radical (unpaired) electrons. The molecule has 3 aromatic rings. The first-order valence-electron chi connectivity index (χ1n) is 8.36. The summed E-state index contributed by atoms with van der Waals surface area (Å²) in [6.07, 6.45) is 2.46. The Morgan fingerprint density at radius 1 is 1.07 bits per heavy atom. The second kappa shape index (κ2) is 8.26. The average molecular weight is 403 g/mol. The number of rotatable bonds is 7. The summed E-state index contributed by atoms with van der Waals surface area (Å²) in [4.78, 5) is 14.4. The summed E-state index contributed by atoms with van der Waals surface area (Å²) in [6, 6.07) is 15.3. The monoisotopic (exact) mass is 403 g/mol. The van der Waals surface area contributed by atoms with Gasteiger partial charge in [0.15, 0.2) is 0 Å². The van der Waals surface area contributed by atoms with Crippen LogP contribution in [0, 0.1) is 5.82 Å². The van der Waals surface area contributed by atoms with Gasteiger partial charge in [-0.15, -0.1) is 0 Å². The maximum Gasteiger partial charge on any atom is 0.306 e. The van der Waals surface area contributed by atoms with Gasteiger partial charge in [-0.1, -0.05) is 18.2 Å². The Morgan fingerprint density at radius 3 is 2.54 bits per heavy atom. The van der Waals surface area contributed by atoms with E-state index in [2.05, 4.69) is 0 Å². The van der Waals surface area contributed by atoms with Crippen LogP contribution in [0.15, 0.2) is 71.3 Å². The summed E-state index contributed by atoms with van der Waals surface area (Å²) in [5, 5.41) is 0. The molecule has 0 bridgehead atoms. The lowest BCUT2D eigenvalue weighted by molar-refractivity contribution is 0.0717. The molecule has 0 saturated heterocycles. The molecule has 1 aromatic heterocycles. The van der Waals surface area contributed by atoms with Crippen molar-refractivity contribution in [1.82, 2.24) is 4.90 Å². The van der Waals surface area contributed by atoms with Gasteiger partial charge in [0.1, 0.15) is 17.3 Å². The zero-order valence-corrected chi connectivity index (χ0v) is 15.9. The molecule has 0 atom stereocenters. The van der Waals surface area contributed by atoms with E-state index in [1.54, 1.807) is 24.3 Å². The fourth-order valence-electron chi connectivity index (χ4n) is 2.69. The predicted molar refractivity (Wildman–Crippen MR) is 101 cm³/mol. The highest BCUT2D eigenvalue weighted by Crippen LogP contribution is 2.19. The second-order valence-electron chi connectivity index (χ2n) is 6.19. The van der Waals surface area contributed by atoms with Crippen LogP contribution in [0.3, 0.4) is 0 Å². The van der Waals surface area contributed by atoms with Crippen LogP contribution in [0.2, 0.25) is 0 Å². The van der Waals surface area contributed by atoms with Crippen LogP contribution in [-0.2, 0) is 23.2 Å². The summed E-state index contributed by atoms with van der Waals surface area (Å²) in [5.74, 6) is -0.179. The van der Waals surface area contributed by atoms with E-state index in [0.717, 1.165) is 6.26 Å². The lowest BCUT2D eigenvalue weighted by Gasteiger charge is -2.22. The molecule has 0 aliphatic rings. The summed E-state index contributed by atoms with van der Waals surface area (Å²) < 4.78 is 46.4. The van der Waals surface area contributed by atoms with Crippen molar-refractivity contribution in [2.75, 3.05) is 6.26 Å². The van der Waals surface area contributed by atoms with Crippen molar-refractivity contribution in [3.05, 3.63) is 89.6 Å². The fraction of sp³-hybridized carbons (Fsp3) is 0.150. The molecule has 0 aliphatic heterocycles. The van der Waals surface area contributed by atoms with E-state index < -0.39 is 15.9 Å². The molecule has 6 nitrogen and oxygen atoms in total. The van der Waals surface area contributed by atoms with Crippen LogP contribution in [0.25, 0.3) is 0 Å². The Bertz CT molecular complexity index is 1060. The minimum absolute atomic E-state index is 0.149. The smallest absolute Gasteiger partial charge is 0.306 e. The van der Waals surface area contributed by atoms with Gasteiger partial charge in [-0.2, -0.15) is 8.42 Å². The normalized spacial score (nSPS) is 11.2. The lowest BCUT2D eigenvalue weighted by atomic mass is 10.1. The van der Waals surface area contributed by atoms with E-state index in [0.29, 0.717) is 11.3 Å². The Morgan fingerprint density at radius 2 is 1.86 bits per heavy atom. The quantitative estimate of drug-likeness (QED) is 0.564. The van der Waals surface area contributed by atoms with Crippen molar-refractivity contribution in [1.29, 1.82) is 0 Å². The molecular weight excluding hydrogens is 385 g/mol. The van der Waals surface area contributed by atoms with E-state index in [1.807, 2.05) is 0 Å². The van der Waals surface area contributed by atoms with Gasteiger partial charge in [0.25, 0.3) is 5.91 Å². The molecule has 0 aliphatic carbocycles. The number of halogens is 1. The third kappa shape index (κ3) is 5.43. The largest absolute Gasteiger partial charge is 0.467 e. The second-order valence-corrected chi connectivity index (χ2v) is 7.76. The topological polar surface area (TPSA) is 76.8 Å². The SMILES string of the molecule is CS(=O)(=O)Oc1cccc(CN(Cc2ccco2)C(=O)c2cccc(F)c2)c1. The zero-order valence-electron chi connectivity index (χ0n) is 15.0. The number of nitrogens with zero attached hydrogens (tertiary/aromatic N) is 1. The zero-order chi connectivity index (χ0) is 20.1. The first-order chi connectivity index (χ1) is 13.3. The molecule has 28 heavy (non-hydrogen) atoms. The van der Waals surface area contributed by atoms with Gasteiger partial charge in [-0.25, -0.2) is 4.39 Å². The number of hydrogen-bond donors (Lipinski definition) is 0. The summed E-state index contributed by atoms with van der Waals surface area (Å²) >= 11 is 0. The maximum absolute atomic E-state index is 13.5. The summed E-state index contributed by atoms with van der Waals surface area (Å²) in [6.45, 7) is 0.316. The molecule has 1 heterocycles.